The first-order chi connectivity index (χ1) is 13.9. The Morgan fingerprint density at radius 2 is 2.03 bits per heavy atom. The summed E-state index contributed by atoms with van der Waals surface area (Å²) in [6, 6.07) is -0.521. The summed E-state index contributed by atoms with van der Waals surface area (Å²) in [4.78, 5) is 41.4. The van der Waals surface area contributed by atoms with Gasteiger partial charge in [0.1, 0.15) is 6.04 Å². The Bertz CT molecular complexity index is 643. The topological polar surface area (TPSA) is 98.7 Å². The molecule has 5 atom stereocenters. The van der Waals surface area contributed by atoms with E-state index in [2.05, 4.69) is 10.6 Å². The first-order valence-corrected chi connectivity index (χ1v) is 11.9. The predicted octanol–water partition coefficient (Wildman–Crippen LogP) is 1.29. The molecular formula is C21H35N3O4S. The van der Waals surface area contributed by atoms with Gasteiger partial charge in [-0.15, -0.1) is 11.8 Å². The van der Waals surface area contributed by atoms with E-state index in [-0.39, 0.29) is 41.5 Å². The van der Waals surface area contributed by atoms with Gasteiger partial charge in [-0.25, -0.2) is 0 Å². The highest BCUT2D eigenvalue weighted by atomic mass is 32.2. The summed E-state index contributed by atoms with van der Waals surface area (Å²) < 4.78 is -0.494. The second-order valence-corrected chi connectivity index (χ2v) is 10.4. The van der Waals surface area contributed by atoms with Crippen LogP contribution in [0.25, 0.3) is 0 Å². The molecule has 0 aromatic carbocycles. The highest BCUT2D eigenvalue weighted by Crippen LogP contribution is 2.66. The largest absolute Gasteiger partial charge is 0.396 e. The van der Waals surface area contributed by atoms with E-state index in [0.29, 0.717) is 19.5 Å². The maximum atomic E-state index is 13.5. The van der Waals surface area contributed by atoms with Gasteiger partial charge in [-0.05, 0) is 52.4 Å². The zero-order chi connectivity index (χ0) is 21.2. The van der Waals surface area contributed by atoms with Crippen molar-refractivity contribution in [2.24, 2.45) is 11.8 Å². The average Bonchev–Trinajstić information content (AvgIpc) is 3.30. The van der Waals surface area contributed by atoms with Crippen molar-refractivity contribution in [1.29, 1.82) is 0 Å². The van der Waals surface area contributed by atoms with E-state index in [9.17, 15) is 14.4 Å². The Morgan fingerprint density at radius 3 is 2.69 bits per heavy atom. The molecule has 0 saturated carbocycles. The van der Waals surface area contributed by atoms with Gasteiger partial charge in [0.15, 0.2) is 0 Å². The fraction of sp³-hybridized carbons (Fsp3) is 0.857. The van der Waals surface area contributed by atoms with Gasteiger partial charge in [0.05, 0.1) is 16.6 Å². The number of carbonyl (C=O) groups excluding carboxylic acids is 3. The third kappa shape index (κ3) is 4.02. The average molecular weight is 426 g/mol. The molecule has 8 heteroatoms. The fourth-order valence-corrected chi connectivity index (χ4v) is 7.51. The van der Waals surface area contributed by atoms with Crippen molar-refractivity contribution in [1.82, 2.24) is 15.5 Å². The van der Waals surface area contributed by atoms with Gasteiger partial charge < -0.3 is 20.6 Å². The standard InChI is InChI=1S/C21H35N3O4S/c1-4-10-22-18(26)15-14-8-9-21(29-14)16(15)20(28)24(11-6-5-7-12-25)17(21)19(27)23-13(2)3/h13-17,25H,4-12H2,1-3H3,(H,22,26)(H,23,27)/t14-,15+,16-,17?,21?/m0/s1. The van der Waals surface area contributed by atoms with Crippen molar-refractivity contribution in [3.8, 4) is 0 Å². The summed E-state index contributed by atoms with van der Waals surface area (Å²) in [6.07, 6.45) is 4.80. The molecule has 29 heavy (non-hydrogen) atoms. The number of fused-ring (bicyclic) bond motifs is 1. The minimum absolute atomic E-state index is 0.00320. The summed E-state index contributed by atoms with van der Waals surface area (Å²) in [7, 11) is 0. The van der Waals surface area contributed by atoms with Crippen LogP contribution in [0.1, 0.15) is 59.3 Å². The van der Waals surface area contributed by atoms with Gasteiger partial charge in [0, 0.05) is 31.0 Å². The maximum Gasteiger partial charge on any atom is 0.244 e. The molecule has 3 aliphatic heterocycles. The van der Waals surface area contributed by atoms with Gasteiger partial charge in [0.25, 0.3) is 0 Å². The van der Waals surface area contributed by atoms with E-state index in [1.807, 2.05) is 20.8 Å². The molecule has 1 spiro atoms. The Kier molecular flexibility index (Phi) is 7.14. The lowest BCUT2D eigenvalue weighted by Gasteiger charge is -2.34. The first kappa shape index (κ1) is 22.4. The number of nitrogens with zero attached hydrogens (tertiary/aromatic N) is 1. The molecule has 0 radical (unpaired) electrons. The Labute approximate surface area is 177 Å². The third-order valence-electron chi connectivity index (χ3n) is 6.39. The molecule has 3 N–H and O–H groups in total. The predicted molar refractivity (Wildman–Crippen MR) is 113 cm³/mol. The molecule has 7 nitrogen and oxygen atoms in total. The van der Waals surface area contributed by atoms with Crippen LogP contribution in [-0.4, -0.2) is 69.5 Å². The summed E-state index contributed by atoms with van der Waals surface area (Å²) in [5.41, 5.74) is 0. The number of aliphatic hydroxyl groups is 1. The molecule has 3 rings (SSSR count). The number of thioether (sulfide) groups is 1. The Morgan fingerprint density at radius 1 is 1.28 bits per heavy atom. The zero-order valence-electron chi connectivity index (χ0n) is 17.8. The highest BCUT2D eigenvalue weighted by molar-refractivity contribution is 8.02. The lowest BCUT2D eigenvalue weighted by molar-refractivity contribution is -0.140. The van der Waals surface area contributed by atoms with Gasteiger partial charge in [-0.2, -0.15) is 0 Å². The molecule has 3 aliphatic rings. The van der Waals surface area contributed by atoms with Crippen LogP contribution in [-0.2, 0) is 14.4 Å². The van der Waals surface area contributed by atoms with Crippen LogP contribution in [0.3, 0.4) is 0 Å². The van der Waals surface area contributed by atoms with E-state index in [4.69, 9.17) is 5.11 Å². The number of amides is 3. The van der Waals surface area contributed by atoms with Gasteiger partial charge in [-0.3, -0.25) is 14.4 Å². The highest BCUT2D eigenvalue weighted by Gasteiger charge is 2.73. The van der Waals surface area contributed by atoms with E-state index < -0.39 is 16.7 Å². The van der Waals surface area contributed by atoms with E-state index in [1.165, 1.54) is 0 Å². The Hall–Kier alpha value is -1.28. The molecule has 2 bridgehead atoms. The van der Waals surface area contributed by atoms with E-state index in [0.717, 1.165) is 32.1 Å². The lowest BCUT2D eigenvalue weighted by atomic mass is 9.70. The normalized spacial score (nSPS) is 32.7. The second-order valence-electron chi connectivity index (χ2n) is 8.83. The SMILES string of the molecule is CCCNC(=O)[C@@H]1[C@@H]2CCC3(S2)C(C(=O)NC(C)C)N(CCCCCO)C(=O)[C@H]13. The number of likely N-dealkylation sites (tertiary alicyclic amines) is 1. The monoisotopic (exact) mass is 425 g/mol. The van der Waals surface area contributed by atoms with Crippen LogP contribution >= 0.6 is 11.8 Å². The van der Waals surface area contributed by atoms with Crippen LogP contribution < -0.4 is 10.6 Å². The molecule has 0 aliphatic carbocycles. The molecule has 2 unspecified atom stereocenters. The van der Waals surface area contributed by atoms with Crippen molar-refractivity contribution < 1.29 is 19.5 Å². The molecule has 3 heterocycles. The number of hydrogen-bond donors (Lipinski definition) is 3. The quantitative estimate of drug-likeness (QED) is 0.458. The van der Waals surface area contributed by atoms with Gasteiger partial charge >= 0.3 is 0 Å². The maximum absolute atomic E-state index is 13.5. The van der Waals surface area contributed by atoms with Crippen molar-refractivity contribution in [2.75, 3.05) is 19.7 Å². The third-order valence-corrected chi connectivity index (χ3v) is 8.34. The first-order valence-electron chi connectivity index (χ1n) is 11.0. The lowest BCUT2D eigenvalue weighted by Crippen LogP contribution is -2.54. The molecule has 3 amide bonds. The summed E-state index contributed by atoms with van der Waals surface area (Å²) in [5.74, 6) is -0.923. The molecule has 0 aromatic rings. The number of carbonyl (C=O) groups is 3. The number of aliphatic hydroxyl groups excluding tert-OH is 1. The molecule has 3 saturated heterocycles. The number of hydrogen-bond acceptors (Lipinski definition) is 5. The van der Waals surface area contributed by atoms with Crippen LogP contribution in [0.4, 0.5) is 0 Å². The fourth-order valence-electron chi connectivity index (χ4n) is 5.29. The molecule has 164 valence electrons. The van der Waals surface area contributed by atoms with Crippen LogP contribution in [0.2, 0.25) is 0 Å². The summed E-state index contributed by atoms with van der Waals surface area (Å²) in [6.45, 7) is 7.11. The van der Waals surface area contributed by atoms with E-state index in [1.54, 1.807) is 16.7 Å². The van der Waals surface area contributed by atoms with Crippen LogP contribution in [0.5, 0.6) is 0 Å². The zero-order valence-corrected chi connectivity index (χ0v) is 18.6. The number of unbranched alkanes of at least 4 members (excludes halogenated alkanes) is 2. The molecule has 3 fully saturated rings. The molecular weight excluding hydrogens is 390 g/mol. The van der Waals surface area contributed by atoms with Crippen LogP contribution in [0.15, 0.2) is 0 Å². The second kappa shape index (κ2) is 9.25. The van der Waals surface area contributed by atoms with Crippen molar-refractivity contribution in [2.45, 2.75) is 81.4 Å². The minimum atomic E-state index is -0.518. The van der Waals surface area contributed by atoms with Crippen LogP contribution in [0, 0.1) is 11.8 Å². The molecule has 0 aromatic heterocycles. The number of rotatable bonds is 10. The van der Waals surface area contributed by atoms with Crippen molar-refractivity contribution in [3.63, 3.8) is 0 Å². The van der Waals surface area contributed by atoms with Gasteiger partial charge in [-0.1, -0.05) is 6.92 Å². The van der Waals surface area contributed by atoms with Crippen molar-refractivity contribution >= 4 is 29.5 Å². The summed E-state index contributed by atoms with van der Waals surface area (Å²) >= 11 is 1.71. The Balaban J connectivity index is 1.87. The summed E-state index contributed by atoms with van der Waals surface area (Å²) in [5, 5.41) is 15.2. The van der Waals surface area contributed by atoms with Gasteiger partial charge in [0.2, 0.25) is 17.7 Å². The number of nitrogens with one attached hydrogen (secondary N) is 2. The minimum Gasteiger partial charge on any atom is -0.396 e. The van der Waals surface area contributed by atoms with Crippen molar-refractivity contribution in [3.05, 3.63) is 0 Å². The smallest absolute Gasteiger partial charge is 0.244 e. The van der Waals surface area contributed by atoms with E-state index >= 15 is 0 Å².